The van der Waals surface area contributed by atoms with Crippen LogP contribution in [0.2, 0.25) is 0 Å². The molecule has 0 radical (unpaired) electrons. The Bertz CT molecular complexity index is 1020. The summed E-state index contributed by atoms with van der Waals surface area (Å²) in [6, 6.07) is 2.63. The van der Waals surface area contributed by atoms with Crippen LogP contribution in [0.25, 0.3) is 0 Å². The van der Waals surface area contributed by atoms with Crippen LogP contribution in [0.15, 0.2) is 12.1 Å². The van der Waals surface area contributed by atoms with Crippen molar-refractivity contribution >= 4 is 40.8 Å². The van der Waals surface area contributed by atoms with Gasteiger partial charge in [0.25, 0.3) is 5.91 Å². The first kappa shape index (κ1) is 27.8. The van der Waals surface area contributed by atoms with Gasteiger partial charge < -0.3 is 19.9 Å². The Morgan fingerprint density at radius 2 is 1.58 bits per heavy atom. The average Bonchev–Trinajstić information content (AvgIpc) is 3.43. The Hall–Kier alpha value is -2.75. The third-order valence-electron chi connectivity index (χ3n) is 6.76. The molecule has 1 N–H and O–H groups in total. The number of hydrogen-bond donors (Lipinski definition) is 1. The van der Waals surface area contributed by atoms with Gasteiger partial charge in [0.15, 0.2) is 5.78 Å². The third kappa shape index (κ3) is 7.15. The molecule has 3 heterocycles. The number of amides is 3. The Kier molecular flexibility index (Phi) is 8.59. The van der Waals surface area contributed by atoms with Gasteiger partial charge in [-0.25, -0.2) is 0 Å². The highest BCUT2D eigenvalue weighted by molar-refractivity contribution is 7.15. The second-order valence-electron chi connectivity index (χ2n) is 10.9. The normalized spacial score (nSPS) is 18.1. The van der Waals surface area contributed by atoms with E-state index in [9.17, 15) is 24.0 Å². The summed E-state index contributed by atoms with van der Waals surface area (Å²) >= 11 is 1.23. The Morgan fingerprint density at radius 3 is 2.11 bits per heavy atom. The van der Waals surface area contributed by atoms with Crippen LogP contribution in [-0.2, 0) is 19.1 Å². The fourth-order valence-corrected chi connectivity index (χ4v) is 5.76. The fourth-order valence-electron chi connectivity index (χ4n) is 4.89. The van der Waals surface area contributed by atoms with E-state index in [0.717, 1.165) is 19.3 Å². The van der Waals surface area contributed by atoms with Crippen molar-refractivity contribution in [1.29, 1.82) is 0 Å². The van der Waals surface area contributed by atoms with Crippen LogP contribution in [0.5, 0.6) is 0 Å². The second kappa shape index (κ2) is 11.1. The van der Waals surface area contributed by atoms with Gasteiger partial charge in [0.2, 0.25) is 11.8 Å². The molecule has 36 heavy (non-hydrogen) atoms. The quantitative estimate of drug-likeness (QED) is 0.438. The molecule has 1 aromatic rings. The van der Waals surface area contributed by atoms with Gasteiger partial charge in [-0.3, -0.25) is 24.0 Å². The average molecular weight is 520 g/mol. The van der Waals surface area contributed by atoms with Crippen molar-refractivity contribution in [3.05, 3.63) is 21.9 Å². The van der Waals surface area contributed by atoms with E-state index in [1.54, 1.807) is 37.8 Å². The summed E-state index contributed by atoms with van der Waals surface area (Å²) in [5.74, 6) is -1.00. The molecular weight excluding hydrogens is 482 g/mol. The highest BCUT2D eigenvalue weighted by Crippen LogP contribution is 2.41. The highest BCUT2D eigenvalue weighted by atomic mass is 32.1. The topological polar surface area (TPSA) is 113 Å². The van der Waals surface area contributed by atoms with Gasteiger partial charge in [0.05, 0.1) is 9.75 Å². The van der Waals surface area contributed by atoms with Crippen molar-refractivity contribution in [1.82, 2.24) is 15.1 Å². The summed E-state index contributed by atoms with van der Waals surface area (Å²) in [6.45, 7) is 10.6. The van der Waals surface area contributed by atoms with E-state index in [-0.39, 0.29) is 41.8 Å². The van der Waals surface area contributed by atoms with Crippen LogP contribution in [0.1, 0.15) is 86.1 Å². The molecule has 1 spiro atoms. The molecule has 198 valence electrons. The van der Waals surface area contributed by atoms with Crippen molar-refractivity contribution < 1.29 is 28.7 Å². The van der Waals surface area contributed by atoms with Crippen LogP contribution >= 0.6 is 11.3 Å². The number of thiophene rings is 1. The molecule has 1 aromatic heterocycles. The molecule has 1 unspecified atom stereocenters. The van der Waals surface area contributed by atoms with Crippen LogP contribution in [0.3, 0.4) is 0 Å². The summed E-state index contributed by atoms with van der Waals surface area (Å²) in [4.78, 5) is 66.4. The standard InChI is InChI=1S/C26H37N3O6S/c1-17(30)20-7-8-21(36-20)24(34)28-13-10-26(11-14-28)12-15-29(16-26)23(33)19(27-18(2)31)6-9-22(32)35-25(3,4)5/h7-8,19H,6,9-16H2,1-5H3,(H,27,31). The number of nitrogens with one attached hydrogen (secondary N) is 1. The predicted octanol–water partition coefficient (Wildman–Crippen LogP) is 3.03. The zero-order valence-corrected chi connectivity index (χ0v) is 22.7. The van der Waals surface area contributed by atoms with E-state index in [0.29, 0.717) is 35.9 Å². The van der Waals surface area contributed by atoms with E-state index in [1.165, 1.54) is 25.2 Å². The Labute approximate surface area is 216 Å². The lowest BCUT2D eigenvalue weighted by Gasteiger charge is -2.39. The second-order valence-corrected chi connectivity index (χ2v) is 12.0. The number of hydrogen-bond acceptors (Lipinski definition) is 7. The number of esters is 1. The number of nitrogens with zero attached hydrogens (tertiary/aromatic N) is 2. The predicted molar refractivity (Wildman–Crippen MR) is 136 cm³/mol. The van der Waals surface area contributed by atoms with Gasteiger partial charge in [-0.1, -0.05) is 0 Å². The van der Waals surface area contributed by atoms with Gasteiger partial charge >= 0.3 is 5.97 Å². The molecule has 3 amide bonds. The van der Waals surface area contributed by atoms with Gasteiger partial charge in [0, 0.05) is 39.5 Å². The summed E-state index contributed by atoms with van der Waals surface area (Å²) in [7, 11) is 0. The molecule has 2 fully saturated rings. The van der Waals surface area contributed by atoms with E-state index in [1.807, 2.05) is 4.90 Å². The molecule has 10 heteroatoms. The van der Waals surface area contributed by atoms with Gasteiger partial charge in [0.1, 0.15) is 11.6 Å². The number of carbonyl (C=O) groups excluding carboxylic acids is 5. The summed E-state index contributed by atoms with van der Waals surface area (Å²) in [5.41, 5.74) is -0.667. The zero-order valence-electron chi connectivity index (χ0n) is 21.8. The van der Waals surface area contributed by atoms with Crippen molar-refractivity contribution in [2.75, 3.05) is 26.2 Å². The van der Waals surface area contributed by atoms with E-state index < -0.39 is 17.6 Å². The SMILES string of the molecule is CC(=O)NC(CCC(=O)OC(C)(C)C)C(=O)N1CCC2(CCN(C(=O)c3ccc(C(C)=O)s3)CC2)C1. The van der Waals surface area contributed by atoms with Crippen molar-refractivity contribution in [2.24, 2.45) is 5.41 Å². The smallest absolute Gasteiger partial charge is 0.306 e. The third-order valence-corrected chi connectivity index (χ3v) is 7.93. The summed E-state index contributed by atoms with van der Waals surface area (Å²) in [5, 5.41) is 2.70. The number of likely N-dealkylation sites (tertiary alicyclic amines) is 2. The minimum absolute atomic E-state index is 0.0398. The lowest BCUT2D eigenvalue weighted by Crippen LogP contribution is -2.49. The number of ether oxygens (including phenoxy) is 1. The molecule has 0 aliphatic carbocycles. The first-order valence-electron chi connectivity index (χ1n) is 12.5. The number of Topliss-reactive ketones (excluding diaryl/α,β-unsaturated/α-hetero) is 1. The van der Waals surface area contributed by atoms with Gasteiger partial charge in [-0.2, -0.15) is 0 Å². The number of carbonyl (C=O) groups is 5. The largest absolute Gasteiger partial charge is 0.460 e. The van der Waals surface area contributed by atoms with Crippen molar-refractivity contribution in [2.45, 2.75) is 78.4 Å². The minimum Gasteiger partial charge on any atom is -0.460 e. The molecule has 3 rings (SSSR count). The Morgan fingerprint density at radius 1 is 1.00 bits per heavy atom. The van der Waals surface area contributed by atoms with E-state index >= 15 is 0 Å². The van der Waals surface area contributed by atoms with Crippen LogP contribution < -0.4 is 5.32 Å². The van der Waals surface area contributed by atoms with Crippen LogP contribution in [0, 0.1) is 5.41 Å². The van der Waals surface area contributed by atoms with Crippen LogP contribution in [-0.4, -0.2) is 77.1 Å². The molecule has 9 nitrogen and oxygen atoms in total. The molecule has 1 atom stereocenters. The van der Waals surface area contributed by atoms with Gasteiger partial charge in [-0.15, -0.1) is 11.3 Å². The van der Waals surface area contributed by atoms with E-state index in [4.69, 9.17) is 4.74 Å². The minimum atomic E-state index is -0.777. The highest BCUT2D eigenvalue weighted by Gasteiger charge is 2.44. The maximum atomic E-state index is 13.3. The fraction of sp³-hybridized carbons (Fsp3) is 0.654. The molecule has 0 bridgehead atoms. The maximum Gasteiger partial charge on any atom is 0.306 e. The first-order valence-corrected chi connectivity index (χ1v) is 13.3. The maximum absolute atomic E-state index is 13.3. The molecule has 2 aliphatic rings. The van der Waals surface area contributed by atoms with Crippen molar-refractivity contribution in [3.63, 3.8) is 0 Å². The van der Waals surface area contributed by atoms with Crippen molar-refractivity contribution in [3.8, 4) is 0 Å². The molecule has 0 saturated carbocycles. The number of ketones is 1. The summed E-state index contributed by atoms with van der Waals surface area (Å²) < 4.78 is 5.34. The van der Waals surface area contributed by atoms with Crippen LogP contribution in [0.4, 0.5) is 0 Å². The summed E-state index contributed by atoms with van der Waals surface area (Å²) in [6.07, 6.45) is 2.64. The monoisotopic (exact) mass is 519 g/mol. The van der Waals surface area contributed by atoms with E-state index in [2.05, 4.69) is 5.32 Å². The van der Waals surface area contributed by atoms with Gasteiger partial charge in [-0.05, 0) is 70.9 Å². The molecular formula is C26H37N3O6S. The number of rotatable bonds is 7. The Balaban J connectivity index is 1.56. The molecule has 0 aromatic carbocycles. The zero-order chi connectivity index (χ0) is 26.7. The first-order chi connectivity index (χ1) is 16.8. The molecule has 2 saturated heterocycles. The number of piperidine rings is 1. The molecule has 2 aliphatic heterocycles. The lowest BCUT2D eigenvalue weighted by atomic mass is 9.77. The lowest BCUT2D eigenvalue weighted by molar-refractivity contribution is -0.155.